The molecule has 0 fully saturated rings. The summed E-state index contributed by atoms with van der Waals surface area (Å²) in [6.07, 6.45) is 0. The highest BCUT2D eigenvalue weighted by Gasteiger charge is 2.18. The number of para-hydroxylation sites is 1. The third-order valence-corrected chi connectivity index (χ3v) is 3.64. The van der Waals surface area contributed by atoms with Crippen molar-refractivity contribution in [1.29, 1.82) is 0 Å². The topological polar surface area (TPSA) is 59.3 Å². The van der Waals surface area contributed by atoms with Gasteiger partial charge < -0.3 is 9.73 Å². The molecule has 0 saturated carbocycles. The Morgan fingerprint density at radius 2 is 1.88 bits per heavy atom. The molecule has 0 aliphatic carbocycles. The van der Waals surface area contributed by atoms with Gasteiger partial charge in [-0.1, -0.05) is 18.2 Å². The molecule has 2 aromatic carbocycles. The smallest absolute Gasteiger partial charge is 0.287 e. The number of carbonyl (C=O) groups excluding carboxylic acids is 1. The molecule has 0 spiro atoms. The molecule has 122 valence electrons. The third-order valence-electron chi connectivity index (χ3n) is 3.64. The summed E-state index contributed by atoms with van der Waals surface area (Å²) >= 11 is 0. The lowest BCUT2D eigenvalue weighted by Gasteiger charge is -2.14. The van der Waals surface area contributed by atoms with Gasteiger partial charge in [-0.25, -0.2) is 8.78 Å². The number of hydrogen-bond donors (Lipinski definition) is 1. The summed E-state index contributed by atoms with van der Waals surface area (Å²) in [5.74, 6) is -2.29. The average molecular weight is 329 g/mol. The van der Waals surface area contributed by atoms with Crippen LogP contribution in [0.25, 0.3) is 11.0 Å². The average Bonchev–Trinajstić information content (AvgIpc) is 2.54. The maximum Gasteiger partial charge on any atom is 0.287 e. The van der Waals surface area contributed by atoms with Crippen LogP contribution in [0.3, 0.4) is 0 Å². The van der Waals surface area contributed by atoms with Gasteiger partial charge in [0.2, 0.25) is 0 Å². The van der Waals surface area contributed by atoms with Crippen LogP contribution in [0.2, 0.25) is 0 Å². The molecule has 0 unspecified atom stereocenters. The predicted octanol–water partition coefficient (Wildman–Crippen LogP) is 3.56. The van der Waals surface area contributed by atoms with Crippen LogP contribution in [0.5, 0.6) is 0 Å². The summed E-state index contributed by atoms with van der Waals surface area (Å²) in [6, 6.07) is 10.0. The van der Waals surface area contributed by atoms with Crippen LogP contribution < -0.4 is 10.7 Å². The Balaban J connectivity index is 1.88. The highest BCUT2D eigenvalue weighted by molar-refractivity contribution is 5.93. The fourth-order valence-corrected chi connectivity index (χ4v) is 2.41. The van der Waals surface area contributed by atoms with E-state index in [1.807, 2.05) is 0 Å². The van der Waals surface area contributed by atoms with Crippen LogP contribution in [-0.2, 0) is 0 Å². The van der Waals surface area contributed by atoms with Crippen molar-refractivity contribution in [3.05, 3.63) is 81.7 Å². The van der Waals surface area contributed by atoms with E-state index < -0.39 is 23.6 Å². The standard InChI is InChI=1S/C18H13F2NO3/c1-10(12-7-6-11(19)8-14(12)20)21-18(23)17-9-15(22)13-4-2-3-5-16(13)24-17/h2-10H,1H3,(H,21,23)/t10-/m1/s1. The molecule has 6 heteroatoms. The van der Waals surface area contributed by atoms with Gasteiger partial charge >= 0.3 is 0 Å². The lowest BCUT2D eigenvalue weighted by atomic mass is 10.1. The van der Waals surface area contributed by atoms with Crippen LogP contribution in [0, 0.1) is 11.6 Å². The summed E-state index contributed by atoms with van der Waals surface area (Å²) < 4.78 is 32.1. The minimum absolute atomic E-state index is 0.132. The van der Waals surface area contributed by atoms with Gasteiger partial charge in [-0.05, 0) is 25.1 Å². The highest BCUT2D eigenvalue weighted by Crippen LogP contribution is 2.19. The quantitative estimate of drug-likeness (QED) is 0.799. The number of carbonyl (C=O) groups is 1. The zero-order valence-electron chi connectivity index (χ0n) is 12.7. The monoisotopic (exact) mass is 329 g/mol. The molecule has 1 aromatic heterocycles. The molecule has 0 saturated heterocycles. The van der Waals surface area contributed by atoms with E-state index >= 15 is 0 Å². The van der Waals surface area contributed by atoms with E-state index in [-0.39, 0.29) is 22.3 Å². The Morgan fingerprint density at radius 3 is 2.62 bits per heavy atom. The number of amides is 1. The van der Waals surface area contributed by atoms with E-state index in [9.17, 15) is 18.4 Å². The third kappa shape index (κ3) is 3.03. The van der Waals surface area contributed by atoms with Crippen LogP contribution >= 0.6 is 0 Å². The van der Waals surface area contributed by atoms with Crippen molar-refractivity contribution < 1.29 is 18.0 Å². The van der Waals surface area contributed by atoms with E-state index in [4.69, 9.17) is 4.42 Å². The summed E-state index contributed by atoms with van der Waals surface area (Å²) in [7, 11) is 0. The molecule has 3 aromatic rings. The Hall–Kier alpha value is -3.02. The second-order valence-corrected chi connectivity index (χ2v) is 5.33. The molecule has 4 nitrogen and oxygen atoms in total. The molecule has 3 rings (SSSR count). The van der Waals surface area contributed by atoms with Crippen LogP contribution in [-0.4, -0.2) is 5.91 Å². The fraction of sp³-hybridized carbons (Fsp3) is 0.111. The van der Waals surface area contributed by atoms with Gasteiger partial charge in [-0.15, -0.1) is 0 Å². The molecule has 0 aliphatic rings. The summed E-state index contributed by atoms with van der Waals surface area (Å²) in [5.41, 5.74) is 0.0752. The van der Waals surface area contributed by atoms with E-state index in [0.29, 0.717) is 5.39 Å². The van der Waals surface area contributed by atoms with Gasteiger partial charge in [0.15, 0.2) is 11.2 Å². The molecule has 0 radical (unpaired) electrons. The van der Waals surface area contributed by atoms with Crippen LogP contribution in [0.1, 0.15) is 29.1 Å². The fourth-order valence-electron chi connectivity index (χ4n) is 2.41. The summed E-state index contributed by atoms with van der Waals surface area (Å²) in [6.45, 7) is 1.55. The number of benzene rings is 2. The molecule has 1 amide bonds. The van der Waals surface area contributed by atoms with E-state index in [1.54, 1.807) is 31.2 Å². The molecule has 0 bridgehead atoms. The van der Waals surface area contributed by atoms with Crippen LogP contribution in [0.4, 0.5) is 8.78 Å². The Bertz CT molecular complexity index is 981. The number of hydrogen-bond acceptors (Lipinski definition) is 3. The van der Waals surface area contributed by atoms with Gasteiger partial charge in [0.1, 0.15) is 17.2 Å². The zero-order chi connectivity index (χ0) is 17.3. The molecule has 1 N–H and O–H groups in total. The number of halogens is 2. The van der Waals surface area contributed by atoms with Crippen LogP contribution in [0.15, 0.2) is 57.7 Å². The largest absolute Gasteiger partial charge is 0.451 e. The highest BCUT2D eigenvalue weighted by atomic mass is 19.1. The number of fused-ring (bicyclic) bond motifs is 1. The van der Waals surface area contributed by atoms with Gasteiger partial charge in [0, 0.05) is 17.7 Å². The number of nitrogens with one attached hydrogen (secondary N) is 1. The first-order valence-corrected chi connectivity index (χ1v) is 7.24. The van der Waals surface area contributed by atoms with Crippen molar-refractivity contribution in [1.82, 2.24) is 5.32 Å². The zero-order valence-corrected chi connectivity index (χ0v) is 12.7. The minimum atomic E-state index is -0.761. The molecular weight excluding hydrogens is 316 g/mol. The van der Waals surface area contributed by atoms with Gasteiger partial charge in [0.25, 0.3) is 5.91 Å². The van der Waals surface area contributed by atoms with Gasteiger partial charge in [-0.3, -0.25) is 9.59 Å². The van der Waals surface area contributed by atoms with Crippen molar-refractivity contribution in [2.24, 2.45) is 0 Å². The maximum atomic E-state index is 13.8. The first-order chi connectivity index (χ1) is 11.5. The number of rotatable bonds is 3. The van der Waals surface area contributed by atoms with Crippen molar-refractivity contribution in [3.8, 4) is 0 Å². The second-order valence-electron chi connectivity index (χ2n) is 5.33. The van der Waals surface area contributed by atoms with Crippen molar-refractivity contribution >= 4 is 16.9 Å². The SMILES string of the molecule is C[C@@H](NC(=O)c1cc(=O)c2ccccc2o1)c1ccc(F)cc1F. The predicted molar refractivity (Wildman–Crippen MR) is 84.7 cm³/mol. The van der Waals surface area contributed by atoms with E-state index in [0.717, 1.165) is 18.2 Å². The molecule has 24 heavy (non-hydrogen) atoms. The van der Waals surface area contributed by atoms with E-state index in [2.05, 4.69) is 5.32 Å². The maximum absolute atomic E-state index is 13.8. The lowest BCUT2D eigenvalue weighted by molar-refractivity contribution is 0.0912. The molecule has 1 heterocycles. The lowest BCUT2D eigenvalue weighted by Crippen LogP contribution is -2.28. The molecule has 0 aliphatic heterocycles. The second kappa shape index (κ2) is 6.23. The molecule has 1 atom stereocenters. The Morgan fingerprint density at radius 1 is 1.12 bits per heavy atom. The minimum Gasteiger partial charge on any atom is -0.451 e. The van der Waals surface area contributed by atoms with Gasteiger partial charge in [-0.2, -0.15) is 0 Å². The molecular formula is C18H13F2NO3. The summed E-state index contributed by atoms with van der Waals surface area (Å²) in [5, 5.41) is 2.90. The Labute approximate surface area is 135 Å². The first-order valence-electron chi connectivity index (χ1n) is 7.24. The Kier molecular flexibility index (Phi) is 4.12. The normalized spacial score (nSPS) is 12.1. The summed E-state index contributed by atoms with van der Waals surface area (Å²) in [4.78, 5) is 24.3. The van der Waals surface area contributed by atoms with Crippen molar-refractivity contribution in [2.75, 3.05) is 0 Å². The van der Waals surface area contributed by atoms with Gasteiger partial charge in [0.05, 0.1) is 11.4 Å². The van der Waals surface area contributed by atoms with Crippen molar-refractivity contribution in [3.63, 3.8) is 0 Å². The van der Waals surface area contributed by atoms with E-state index in [1.165, 1.54) is 6.07 Å². The first kappa shape index (κ1) is 15.9. The van der Waals surface area contributed by atoms with Crippen molar-refractivity contribution in [2.45, 2.75) is 13.0 Å².